The number of amides is 1. The van der Waals surface area contributed by atoms with Crippen LogP contribution in [0.1, 0.15) is 27.3 Å². The molecule has 8 heteroatoms. The summed E-state index contributed by atoms with van der Waals surface area (Å²) < 4.78 is 0. The van der Waals surface area contributed by atoms with Gasteiger partial charge in [-0.15, -0.1) is 10.2 Å². The van der Waals surface area contributed by atoms with Crippen molar-refractivity contribution in [3.8, 4) is 17.5 Å². The van der Waals surface area contributed by atoms with Gasteiger partial charge in [0, 0.05) is 11.8 Å². The highest BCUT2D eigenvalue weighted by atomic mass is 16.1. The van der Waals surface area contributed by atoms with Gasteiger partial charge in [-0.1, -0.05) is 18.2 Å². The maximum Gasteiger partial charge on any atom is 0.275 e. The van der Waals surface area contributed by atoms with Crippen LogP contribution in [0.5, 0.6) is 0 Å². The number of nitrogen functional groups attached to an aromatic ring is 1. The average molecular weight is 345 g/mol. The molecule has 0 aliphatic carbocycles. The summed E-state index contributed by atoms with van der Waals surface area (Å²) in [6, 6.07) is 12.5. The fourth-order valence-electron chi connectivity index (χ4n) is 2.30. The van der Waals surface area contributed by atoms with Crippen molar-refractivity contribution in [2.24, 2.45) is 0 Å². The van der Waals surface area contributed by atoms with E-state index in [0.29, 0.717) is 11.1 Å². The van der Waals surface area contributed by atoms with Gasteiger partial charge in [-0.25, -0.2) is 4.98 Å². The lowest BCUT2D eigenvalue weighted by atomic mass is 10.1. The number of nitrogens with zero attached hydrogens (tertiary/aromatic N) is 5. The standard InChI is InChI=1S/C18H15N7O/c1-11-4-3-7-21-14(11)10-22-18(26)15-16(20)23-17(25-24-15)13-6-2-5-12(8-13)9-19/h2-8H,10H2,1H3,(H,22,26)(H2,20,23,25). The van der Waals surface area contributed by atoms with Gasteiger partial charge in [-0.3, -0.25) is 9.78 Å². The smallest absolute Gasteiger partial charge is 0.275 e. The van der Waals surface area contributed by atoms with Crippen molar-refractivity contribution in [1.29, 1.82) is 5.26 Å². The lowest BCUT2D eigenvalue weighted by Gasteiger charge is -2.08. The molecular weight excluding hydrogens is 330 g/mol. The summed E-state index contributed by atoms with van der Waals surface area (Å²) in [7, 11) is 0. The molecule has 1 amide bonds. The summed E-state index contributed by atoms with van der Waals surface area (Å²) >= 11 is 0. The predicted octanol–water partition coefficient (Wildman–Crippen LogP) is 1.63. The number of carbonyl (C=O) groups excluding carboxylic acids is 1. The Morgan fingerprint density at radius 3 is 2.85 bits per heavy atom. The number of anilines is 1. The van der Waals surface area contributed by atoms with E-state index in [2.05, 4.69) is 25.5 Å². The van der Waals surface area contributed by atoms with E-state index in [1.807, 2.05) is 25.1 Å². The summed E-state index contributed by atoms with van der Waals surface area (Å²) in [6.45, 7) is 2.16. The molecule has 2 heterocycles. The molecule has 0 saturated heterocycles. The van der Waals surface area contributed by atoms with E-state index < -0.39 is 5.91 Å². The summed E-state index contributed by atoms with van der Waals surface area (Å²) in [4.78, 5) is 20.6. The Labute approximate surface area is 149 Å². The number of carbonyl (C=O) groups is 1. The van der Waals surface area contributed by atoms with Crippen molar-refractivity contribution in [2.45, 2.75) is 13.5 Å². The van der Waals surface area contributed by atoms with Gasteiger partial charge < -0.3 is 11.1 Å². The minimum Gasteiger partial charge on any atom is -0.382 e. The molecule has 2 aromatic heterocycles. The highest BCUT2D eigenvalue weighted by molar-refractivity contribution is 5.96. The van der Waals surface area contributed by atoms with E-state index in [9.17, 15) is 4.79 Å². The molecule has 0 fully saturated rings. The largest absolute Gasteiger partial charge is 0.382 e. The molecular formula is C18H15N7O. The fraction of sp³-hybridized carbons (Fsp3) is 0.111. The molecule has 0 spiro atoms. The third kappa shape index (κ3) is 3.62. The van der Waals surface area contributed by atoms with E-state index in [1.165, 1.54) is 0 Å². The highest BCUT2D eigenvalue weighted by Gasteiger charge is 2.16. The molecule has 3 aromatic rings. The van der Waals surface area contributed by atoms with Gasteiger partial charge in [0.05, 0.1) is 23.9 Å². The summed E-state index contributed by atoms with van der Waals surface area (Å²) in [5.41, 5.74) is 8.61. The minimum absolute atomic E-state index is 0.0346. The molecule has 0 saturated carbocycles. The van der Waals surface area contributed by atoms with E-state index in [-0.39, 0.29) is 23.9 Å². The van der Waals surface area contributed by atoms with Crippen LogP contribution in [0.2, 0.25) is 0 Å². The second kappa shape index (κ2) is 7.36. The third-order valence-corrected chi connectivity index (χ3v) is 3.71. The fourth-order valence-corrected chi connectivity index (χ4v) is 2.30. The number of rotatable bonds is 4. The van der Waals surface area contributed by atoms with Crippen LogP contribution in [0.4, 0.5) is 5.82 Å². The first-order valence-corrected chi connectivity index (χ1v) is 7.78. The average Bonchev–Trinajstić information content (AvgIpc) is 2.67. The molecule has 0 atom stereocenters. The van der Waals surface area contributed by atoms with Crippen LogP contribution in [-0.2, 0) is 6.54 Å². The Morgan fingerprint density at radius 1 is 1.27 bits per heavy atom. The zero-order chi connectivity index (χ0) is 18.5. The Kier molecular flexibility index (Phi) is 4.80. The zero-order valence-corrected chi connectivity index (χ0v) is 14.0. The number of hydrogen-bond acceptors (Lipinski definition) is 7. The van der Waals surface area contributed by atoms with Gasteiger partial charge in [0.2, 0.25) is 0 Å². The molecule has 0 bridgehead atoms. The summed E-state index contributed by atoms with van der Waals surface area (Å²) in [6.07, 6.45) is 1.66. The van der Waals surface area contributed by atoms with Crippen molar-refractivity contribution in [1.82, 2.24) is 25.5 Å². The van der Waals surface area contributed by atoms with E-state index in [4.69, 9.17) is 11.0 Å². The second-order valence-electron chi connectivity index (χ2n) is 5.51. The number of nitrogens with two attached hydrogens (primary N) is 1. The van der Waals surface area contributed by atoms with Crippen molar-refractivity contribution >= 4 is 11.7 Å². The number of aryl methyl sites for hydroxylation is 1. The van der Waals surface area contributed by atoms with Gasteiger partial charge >= 0.3 is 0 Å². The lowest BCUT2D eigenvalue weighted by Crippen LogP contribution is -2.26. The molecule has 0 radical (unpaired) electrons. The topological polar surface area (TPSA) is 130 Å². The highest BCUT2D eigenvalue weighted by Crippen LogP contribution is 2.17. The van der Waals surface area contributed by atoms with E-state index >= 15 is 0 Å². The summed E-state index contributed by atoms with van der Waals surface area (Å²) in [5.74, 6) is -0.269. The number of pyridine rings is 1. The monoisotopic (exact) mass is 345 g/mol. The Balaban J connectivity index is 1.78. The maximum atomic E-state index is 12.3. The number of hydrogen-bond donors (Lipinski definition) is 2. The number of nitrogens with one attached hydrogen (secondary N) is 1. The van der Waals surface area contributed by atoms with Crippen molar-refractivity contribution in [3.05, 3.63) is 65.1 Å². The first-order chi connectivity index (χ1) is 12.6. The first kappa shape index (κ1) is 17.0. The van der Waals surface area contributed by atoms with E-state index in [1.54, 1.807) is 30.5 Å². The lowest BCUT2D eigenvalue weighted by molar-refractivity contribution is 0.0945. The van der Waals surface area contributed by atoms with Crippen molar-refractivity contribution in [3.63, 3.8) is 0 Å². The van der Waals surface area contributed by atoms with Crippen molar-refractivity contribution < 1.29 is 4.79 Å². The van der Waals surface area contributed by atoms with Gasteiger partial charge in [-0.2, -0.15) is 5.26 Å². The molecule has 128 valence electrons. The predicted molar refractivity (Wildman–Crippen MR) is 94.5 cm³/mol. The number of benzene rings is 1. The van der Waals surface area contributed by atoms with Crippen LogP contribution in [0, 0.1) is 18.3 Å². The second-order valence-corrected chi connectivity index (χ2v) is 5.51. The van der Waals surface area contributed by atoms with Crippen LogP contribution in [0.3, 0.4) is 0 Å². The Hall–Kier alpha value is -3.86. The quantitative estimate of drug-likeness (QED) is 0.734. The molecule has 26 heavy (non-hydrogen) atoms. The molecule has 3 rings (SSSR count). The normalized spacial score (nSPS) is 10.2. The zero-order valence-electron chi connectivity index (χ0n) is 14.0. The molecule has 3 N–H and O–H groups in total. The Bertz CT molecular complexity index is 1010. The van der Waals surface area contributed by atoms with Gasteiger partial charge in [0.25, 0.3) is 5.91 Å². The minimum atomic E-state index is -0.482. The van der Waals surface area contributed by atoms with Gasteiger partial charge in [-0.05, 0) is 30.7 Å². The van der Waals surface area contributed by atoms with Crippen molar-refractivity contribution in [2.75, 3.05) is 5.73 Å². The van der Waals surface area contributed by atoms with Crippen LogP contribution < -0.4 is 11.1 Å². The molecule has 0 aliphatic rings. The van der Waals surface area contributed by atoms with Crippen LogP contribution in [-0.4, -0.2) is 26.1 Å². The molecule has 0 aliphatic heterocycles. The number of nitriles is 1. The molecule has 1 aromatic carbocycles. The van der Waals surface area contributed by atoms with Gasteiger partial charge in [0.15, 0.2) is 17.3 Å². The van der Waals surface area contributed by atoms with Crippen LogP contribution in [0.25, 0.3) is 11.4 Å². The van der Waals surface area contributed by atoms with Gasteiger partial charge in [0.1, 0.15) is 0 Å². The third-order valence-electron chi connectivity index (χ3n) is 3.71. The van der Waals surface area contributed by atoms with Crippen LogP contribution >= 0.6 is 0 Å². The SMILES string of the molecule is Cc1cccnc1CNC(=O)c1nnc(-c2cccc(C#N)c2)nc1N. The summed E-state index contributed by atoms with van der Waals surface area (Å²) in [5, 5.41) is 19.5. The van der Waals surface area contributed by atoms with Crippen LogP contribution in [0.15, 0.2) is 42.6 Å². The Morgan fingerprint density at radius 2 is 2.12 bits per heavy atom. The molecule has 8 nitrogen and oxygen atoms in total. The molecule has 0 unspecified atom stereocenters. The van der Waals surface area contributed by atoms with E-state index in [0.717, 1.165) is 11.3 Å². The maximum absolute atomic E-state index is 12.3. The number of aromatic nitrogens is 4. The first-order valence-electron chi connectivity index (χ1n) is 7.78.